The number of aromatic nitrogens is 2. The van der Waals surface area contributed by atoms with Crippen molar-refractivity contribution in [2.45, 2.75) is 32.7 Å². The Balaban J connectivity index is 1.78. The quantitative estimate of drug-likeness (QED) is 0.614. The van der Waals surface area contributed by atoms with E-state index in [2.05, 4.69) is 21.4 Å². The minimum Gasteiger partial charge on any atom is -0.320 e. The van der Waals surface area contributed by atoms with Gasteiger partial charge in [0.1, 0.15) is 23.4 Å². The van der Waals surface area contributed by atoms with Gasteiger partial charge in [0.2, 0.25) is 5.91 Å². The van der Waals surface area contributed by atoms with Crippen molar-refractivity contribution in [1.82, 2.24) is 9.97 Å². The second kappa shape index (κ2) is 8.55. The molecule has 0 spiro atoms. The molecule has 2 aromatic carbocycles. The smallest absolute Gasteiger partial charge is 0.247 e. The second-order valence-corrected chi connectivity index (χ2v) is 7.48. The molecule has 0 radical (unpaired) electrons. The fraction of sp³-hybridized carbons (Fsp3) is 0.208. The van der Waals surface area contributed by atoms with E-state index in [1.165, 1.54) is 24.3 Å². The molecule has 3 aromatic rings. The molecular weight excluding hydrogens is 409 g/mol. The lowest BCUT2D eigenvalue weighted by atomic mass is 10.0. The maximum absolute atomic E-state index is 13.2. The van der Waals surface area contributed by atoms with Crippen LogP contribution in [0.25, 0.3) is 0 Å². The normalized spacial score (nSPS) is 15.0. The Morgan fingerprint density at radius 3 is 2.66 bits per heavy atom. The molecule has 0 unspecified atom stereocenters. The van der Waals surface area contributed by atoms with Crippen LogP contribution in [0.4, 0.5) is 21.6 Å². The molecule has 32 heavy (non-hydrogen) atoms. The van der Waals surface area contributed by atoms with Gasteiger partial charge in [0, 0.05) is 11.3 Å². The average molecular weight is 429 g/mol. The number of hydrogen-bond donors (Lipinski definition) is 1. The van der Waals surface area contributed by atoms with E-state index < -0.39 is 11.9 Å². The molecule has 1 aliphatic rings. The van der Waals surface area contributed by atoms with Gasteiger partial charge in [-0.3, -0.25) is 9.59 Å². The topological polar surface area (TPSA) is 99.0 Å². The predicted molar refractivity (Wildman–Crippen MR) is 117 cm³/mol. The van der Waals surface area contributed by atoms with Crippen LogP contribution in [0.1, 0.15) is 40.8 Å². The summed E-state index contributed by atoms with van der Waals surface area (Å²) in [6, 6.07) is 13.8. The lowest BCUT2D eigenvalue weighted by Crippen LogP contribution is -2.46. The number of aryl methyl sites for hydroxylation is 1. The summed E-state index contributed by atoms with van der Waals surface area (Å²) in [5.41, 5.74) is 2.48. The van der Waals surface area contributed by atoms with Crippen LogP contribution >= 0.6 is 0 Å². The third kappa shape index (κ3) is 3.93. The molecule has 1 aromatic heterocycles. The first kappa shape index (κ1) is 21.1. The van der Waals surface area contributed by atoms with Crippen molar-refractivity contribution >= 4 is 28.9 Å². The van der Waals surface area contributed by atoms with E-state index in [1.54, 1.807) is 30.0 Å². The number of hydrogen-bond acceptors (Lipinski definition) is 6. The highest BCUT2D eigenvalue weighted by molar-refractivity contribution is 6.05. The first-order valence-electron chi connectivity index (χ1n) is 10.2. The molecule has 0 saturated carbocycles. The third-order valence-corrected chi connectivity index (χ3v) is 5.33. The van der Waals surface area contributed by atoms with Crippen LogP contribution in [0.5, 0.6) is 0 Å². The summed E-state index contributed by atoms with van der Waals surface area (Å²) >= 11 is 0. The summed E-state index contributed by atoms with van der Waals surface area (Å²) in [6.45, 7) is 3.63. The lowest BCUT2D eigenvalue weighted by molar-refractivity contribution is -0.117. The van der Waals surface area contributed by atoms with Gasteiger partial charge in [-0.05, 0) is 55.8 Å². The Morgan fingerprint density at radius 2 is 1.97 bits per heavy atom. The number of fused-ring (bicyclic) bond motifs is 1. The molecule has 0 bridgehead atoms. The molecule has 1 atom stereocenters. The minimum absolute atomic E-state index is 0.0729. The Labute approximate surface area is 184 Å². The SMILES string of the molecule is CC[C@H]1C(=O)Nc2c(C)nc(CC(=O)c3ccc(F)cc3)nc2N1c1cccc(C#N)c1. The number of rotatable bonds is 5. The Hall–Kier alpha value is -4.12. The fourth-order valence-corrected chi connectivity index (χ4v) is 3.76. The van der Waals surface area contributed by atoms with Crippen LogP contribution in [0.2, 0.25) is 0 Å². The zero-order valence-corrected chi connectivity index (χ0v) is 17.6. The van der Waals surface area contributed by atoms with Gasteiger partial charge in [-0.1, -0.05) is 13.0 Å². The molecule has 7 nitrogen and oxygen atoms in total. The number of amides is 1. The zero-order valence-electron chi connectivity index (χ0n) is 17.6. The highest BCUT2D eigenvalue weighted by atomic mass is 19.1. The van der Waals surface area contributed by atoms with Gasteiger partial charge >= 0.3 is 0 Å². The van der Waals surface area contributed by atoms with Crippen LogP contribution in [0, 0.1) is 24.1 Å². The van der Waals surface area contributed by atoms with Crippen LogP contribution in [-0.4, -0.2) is 27.7 Å². The van der Waals surface area contributed by atoms with Gasteiger partial charge in [-0.2, -0.15) is 5.26 Å². The van der Waals surface area contributed by atoms with Gasteiger partial charge in [-0.15, -0.1) is 0 Å². The van der Waals surface area contributed by atoms with Gasteiger partial charge in [-0.25, -0.2) is 14.4 Å². The number of Topliss-reactive ketones (excluding diaryl/α,β-unsaturated/α-hetero) is 1. The number of nitrogens with one attached hydrogen (secondary N) is 1. The molecule has 2 heterocycles. The summed E-state index contributed by atoms with van der Waals surface area (Å²) in [7, 11) is 0. The average Bonchev–Trinajstić information content (AvgIpc) is 2.79. The molecule has 0 aliphatic carbocycles. The number of carbonyl (C=O) groups excluding carboxylic acids is 2. The molecule has 8 heteroatoms. The summed E-state index contributed by atoms with van der Waals surface area (Å²) in [6.07, 6.45) is 0.436. The van der Waals surface area contributed by atoms with Crippen molar-refractivity contribution in [1.29, 1.82) is 5.26 Å². The second-order valence-electron chi connectivity index (χ2n) is 7.48. The van der Waals surface area contributed by atoms with E-state index in [0.717, 1.165) is 0 Å². The van der Waals surface area contributed by atoms with Gasteiger partial charge in [0.25, 0.3) is 0 Å². The van der Waals surface area contributed by atoms with E-state index >= 15 is 0 Å². The Kier molecular flexibility index (Phi) is 5.65. The lowest BCUT2D eigenvalue weighted by Gasteiger charge is -2.37. The van der Waals surface area contributed by atoms with Crippen molar-refractivity contribution in [3.05, 3.63) is 77.0 Å². The van der Waals surface area contributed by atoms with Gasteiger partial charge in [0.05, 0.1) is 23.7 Å². The monoisotopic (exact) mass is 429 g/mol. The molecule has 0 saturated heterocycles. The fourth-order valence-electron chi connectivity index (χ4n) is 3.76. The first-order chi connectivity index (χ1) is 15.4. The van der Waals surface area contributed by atoms with Crippen LogP contribution < -0.4 is 10.2 Å². The highest BCUT2D eigenvalue weighted by Crippen LogP contribution is 2.38. The Bertz CT molecular complexity index is 1250. The minimum atomic E-state index is -0.536. The number of anilines is 3. The van der Waals surface area contributed by atoms with Crippen molar-refractivity contribution in [3.63, 3.8) is 0 Å². The molecule has 1 N–H and O–H groups in total. The number of nitriles is 1. The van der Waals surface area contributed by atoms with Crippen LogP contribution in [0.15, 0.2) is 48.5 Å². The molecule has 4 rings (SSSR count). The van der Waals surface area contributed by atoms with E-state index in [9.17, 15) is 19.2 Å². The third-order valence-electron chi connectivity index (χ3n) is 5.33. The number of benzene rings is 2. The van der Waals surface area contributed by atoms with Crippen molar-refractivity contribution in [2.24, 2.45) is 0 Å². The van der Waals surface area contributed by atoms with Gasteiger partial charge < -0.3 is 10.2 Å². The molecular formula is C24H20FN5O2. The molecule has 1 amide bonds. The number of halogens is 1. The summed E-state index contributed by atoms with van der Waals surface area (Å²) < 4.78 is 13.2. The van der Waals surface area contributed by atoms with E-state index in [1.807, 2.05) is 13.0 Å². The Morgan fingerprint density at radius 1 is 1.22 bits per heavy atom. The summed E-state index contributed by atoms with van der Waals surface area (Å²) in [5, 5.41) is 12.2. The van der Waals surface area contributed by atoms with Crippen molar-refractivity contribution in [2.75, 3.05) is 10.2 Å². The van der Waals surface area contributed by atoms with Gasteiger partial charge in [0.15, 0.2) is 11.6 Å². The molecule has 160 valence electrons. The summed E-state index contributed by atoms with van der Waals surface area (Å²) in [5.74, 6) is -0.0820. The molecule has 0 fully saturated rings. The predicted octanol–water partition coefficient (Wildman–Crippen LogP) is 4.09. The van der Waals surface area contributed by atoms with Crippen molar-refractivity contribution < 1.29 is 14.0 Å². The molecule has 1 aliphatic heterocycles. The number of ketones is 1. The first-order valence-corrected chi connectivity index (χ1v) is 10.2. The maximum Gasteiger partial charge on any atom is 0.247 e. The van der Waals surface area contributed by atoms with Crippen molar-refractivity contribution in [3.8, 4) is 6.07 Å². The van der Waals surface area contributed by atoms with Crippen LogP contribution in [-0.2, 0) is 11.2 Å². The van der Waals surface area contributed by atoms with Crippen LogP contribution in [0.3, 0.4) is 0 Å². The zero-order chi connectivity index (χ0) is 22.8. The highest BCUT2D eigenvalue weighted by Gasteiger charge is 2.35. The standard InChI is InChI=1S/C24H20FN5O2/c1-3-19-24(32)29-22-14(2)27-21(12-20(31)16-7-9-17(25)10-8-16)28-23(22)30(19)18-6-4-5-15(11-18)13-26/h4-11,19H,3,12H2,1-2H3,(H,29,32)/t19-/m0/s1. The number of nitrogens with zero attached hydrogens (tertiary/aromatic N) is 4. The summed E-state index contributed by atoms with van der Waals surface area (Å²) in [4.78, 5) is 36.3. The van der Waals surface area contributed by atoms with E-state index in [0.29, 0.717) is 46.3 Å². The maximum atomic E-state index is 13.2. The van der Waals surface area contributed by atoms with E-state index in [-0.39, 0.29) is 18.1 Å². The largest absolute Gasteiger partial charge is 0.320 e. The van der Waals surface area contributed by atoms with E-state index in [4.69, 9.17) is 0 Å². The number of carbonyl (C=O) groups is 2.